The standard InChI is InChI=1S/C12H21NO20S3/c14-4-2(1-29-35(23,24)25)30-12(3(5(4)15)13-34(20,21)22)32-7-6(16)8(33-36(26,27)28)11(19)31-9(7)10(17)18/h2-9,11-16,19H,1H2,(H,17,18)(H,20,21,22)(H,23,24,25)(H,26,27,28)/t2-,3-,4-,5-,6+,7+,8-,9-,11-,12+/m1/s1. The number of hydrogen-bond donors (Lipinski definition) is 9. The van der Waals surface area contributed by atoms with Gasteiger partial charge >= 0.3 is 37.1 Å². The number of aliphatic carboxylic acids is 1. The molecule has 0 radical (unpaired) electrons. The lowest BCUT2D eigenvalue weighted by atomic mass is 9.96. The molecule has 2 rings (SSSR count). The molecular formula is C12H21NO20S3. The van der Waals surface area contributed by atoms with Gasteiger partial charge in [-0.2, -0.15) is 30.0 Å². The largest absolute Gasteiger partial charge is 0.479 e. The van der Waals surface area contributed by atoms with Gasteiger partial charge in [-0.3, -0.25) is 13.7 Å². The molecule has 0 bridgehead atoms. The summed E-state index contributed by atoms with van der Waals surface area (Å²) >= 11 is 0. The Morgan fingerprint density at radius 3 is 1.89 bits per heavy atom. The van der Waals surface area contributed by atoms with E-state index in [0.717, 1.165) is 0 Å². The second kappa shape index (κ2) is 11.3. The lowest BCUT2D eigenvalue weighted by Gasteiger charge is -2.46. The van der Waals surface area contributed by atoms with E-state index in [0.29, 0.717) is 0 Å². The van der Waals surface area contributed by atoms with Crippen LogP contribution in [0.25, 0.3) is 0 Å². The molecule has 0 aromatic carbocycles. The van der Waals surface area contributed by atoms with Gasteiger partial charge in [0.15, 0.2) is 24.8 Å². The fourth-order valence-corrected chi connectivity index (χ4v) is 4.62. The second-order valence-electron chi connectivity index (χ2n) is 7.22. The van der Waals surface area contributed by atoms with Crippen molar-refractivity contribution in [3.8, 4) is 0 Å². The molecule has 0 aromatic heterocycles. The maximum absolute atomic E-state index is 11.6. The SMILES string of the molecule is O=C(O)[C@@H]1O[C@@H](O)[C@H](OS(=O)(=O)O)[C@@H](O)[C@@H]1O[C@@H]1O[C@H](COS(=O)(=O)O)[C@@H](O)[C@H](O)[C@H]1NS(=O)(=O)O. The van der Waals surface area contributed by atoms with E-state index in [-0.39, 0.29) is 0 Å². The lowest BCUT2D eigenvalue weighted by molar-refractivity contribution is -0.331. The van der Waals surface area contributed by atoms with E-state index >= 15 is 0 Å². The lowest BCUT2D eigenvalue weighted by Crippen LogP contribution is -2.68. The van der Waals surface area contributed by atoms with Gasteiger partial charge in [0.25, 0.3) is 0 Å². The summed E-state index contributed by atoms with van der Waals surface area (Å²) in [4.78, 5) is 11.6. The number of aliphatic hydroxyl groups excluding tert-OH is 4. The van der Waals surface area contributed by atoms with Crippen LogP contribution in [0, 0.1) is 0 Å². The molecule has 2 saturated heterocycles. The zero-order valence-electron chi connectivity index (χ0n) is 17.2. The van der Waals surface area contributed by atoms with Crippen LogP contribution >= 0.6 is 0 Å². The van der Waals surface area contributed by atoms with Gasteiger partial charge in [-0.15, -0.1) is 0 Å². The Morgan fingerprint density at radius 1 is 0.833 bits per heavy atom. The van der Waals surface area contributed by atoms with Crippen LogP contribution < -0.4 is 4.72 Å². The first-order valence-electron chi connectivity index (χ1n) is 9.14. The first-order chi connectivity index (χ1) is 16.2. The maximum Gasteiger partial charge on any atom is 0.397 e. The molecule has 24 heteroatoms. The van der Waals surface area contributed by atoms with E-state index in [1.54, 1.807) is 0 Å². The summed E-state index contributed by atoms with van der Waals surface area (Å²) in [5.74, 6) is -1.97. The highest BCUT2D eigenvalue weighted by Crippen LogP contribution is 2.31. The molecule has 36 heavy (non-hydrogen) atoms. The van der Waals surface area contributed by atoms with E-state index in [4.69, 9.17) is 23.1 Å². The molecule has 0 aliphatic carbocycles. The molecule has 0 saturated carbocycles. The molecule has 9 N–H and O–H groups in total. The number of nitrogens with one attached hydrogen (secondary N) is 1. The summed E-state index contributed by atoms with van der Waals surface area (Å²) in [6, 6.07) is -2.23. The molecular weight excluding hydrogens is 574 g/mol. The summed E-state index contributed by atoms with van der Waals surface area (Å²) in [5.41, 5.74) is 0. The summed E-state index contributed by atoms with van der Waals surface area (Å²) in [5, 5.41) is 49.9. The van der Waals surface area contributed by atoms with E-state index in [2.05, 4.69) is 13.1 Å². The van der Waals surface area contributed by atoms with Crippen molar-refractivity contribution in [2.45, 2.75) is 61.3 Å². The number of carboxylic acid groups (broad SMARTS) is 1. The average Bonchev–Trinajstić information content (AvgIpc) is 2.68. The Morgan fingerprint density at radius 2 is 1.42 bits per heavy atom. The summed E-state index contributed by atoms with van der Waals surface area (Å²) < 4.78 is 117. The summed E-state index contributed by atoms with van der Waals surface area (Å²) in [6.45, 7) is -1.24. The molecule has 0 amide bonds. The quantitative estimate of drug-likeness (QED) is 0.106. The normalized spacial score (nSPS) is 38.5. The highest BCUT2D eigenvalue weighted by atomic mass is 32.3. The van der Waals surface area contributed by atoms with Crippen LogP contribution in [-0.2, 0) is 58.5 Å². The first kappa shape index (κ1) is 31.0. The minimum Gasteiger partial charge on any atom is -0.479 e. The molecule has 0 aromatic rings. The van der Waals surface area contributed by atoms with Crippen LogP contribution in [0.4, 0.5) is 0 Å². The van der Waals surface area contributed by atoms with E-state index in [1.165, 1.54) is 4.72 Å². The van der Waals surface area contributed by atoms with Crippen LogP contribution in [0.15, 0.2) is 0 Å². The van der Waals surface area contributed by atoms with Crippen LogP contribution in [0.2, 0.25) is 0 Å². The summed E-state index contributed by atoms with van der Waals surface area (Å²) in [7, 11) is -15.8. The smallest absolute Gasteiger partial charge is 0.397 e. The van der Waals surface area contributed by atoms with Gasteiger partial charge in [0.05, 0.1) is 6.61 Å². The van der Waals surface area contributed by atoms with Crippen LogP contribution in [0.3, 0.4) is 0 Å². The van der Waals surface area contributed by atoms with Gasteiger partial charge in [-0.05, 0) is 0 Å². The van der Waals surface area contributed by atoms with Crippen molar-refractivity contribution >= 4 is 37.1 Å². The monoisotopic (exact) mass is 595 g/mol. The third kappa shape index (κ3) is 8.41. The molecule has 212 valence electrons. The van der Waals surface area contributed by atoms with Gasteiger partial charge in [0.2, 0.25) is 0 Å². The number of aliphatic hydroxyl groups is 4. The topological polar surface area (TPSA) is 340 Å². The summed E-state index contributed by atoms with van der Waals surface area (Å²) in [6.07, 6.45) is -21.0. The molecule has 10 atom stereocenters. The Kier molecular flexibility index (Phi) is 9.71. The fourth-order valence-electron chi connectivity index (χ4n) is 3.23. The highest BCUT2D eigenvalue weighted by molar-refractivity contribution is 7.83. The third-order valence-electron chi connectivity index (χ3n) is 4.67. The molecule has 21 nitrogen and oxygen atoms in total. The molecule has 0 unspecified atom stereocenters. The van der Waals surface area contributed by atoms with Crippen molar-refractivity contribution in [2.75, 3.05) is 6.61 Å². The minimum absolute atomic E-state index is 1.24. The van der Waals surface area contributed by atoms with Crippen LogP contribution in [0.1, 0.15) is 0 Å². The number of ether oxygens (including phenoxy) is 3. The molecule has 2 aliphatic heterocycles. The number of hydrogen-bond acceptors (Lipinski definition) is 16. The van der Waals surface area contributed by atoms with Crippen molar-refractivity contribution in [2.24, 2.45) is 0 Å². The predicted octanol–water partition coefficient (Wildman–Crippen LogP) is -6.25. The first-order valence-corrected chi connectivity index (χ1v) is 13.3. The van der Waals surface area contributed by atoms with E-state index in [9.17, 15) is 55.6 Å². The van der Waals surface area contributed by atoms with Gasteiger partial charge in [0.1, 0.15) is 36.6 Å². The number of carboxylic acids is 1. The van der Waals surface area contributed by atoms with Gasteiger partial charge < -0.3 is 39.7 Å². The molecule has 2 fully saturated rings. The fraction of sp³-hybridized carbons (Fsp3) is 0.917. The van der Waals surface area contributed by atoms with Crippen molar-refractivity contribution in [3.05, 3.63) is 0 Å². The van der Waals surface area contributed by atoms with Crippen molar-refractivity contribution in [3.63, 3.8) is 0 Å². The van der Waals surface area contributed by atoms with Gasteiger partial charge in [-0.25, -0.2) is 13.2 Å². The van der Waals surface area contributed by atoms with E-state index < -0.39 is 105 Å². The predicted molar refractivity (Wildman–Crippen MR) is 102 cm³/mol. The average molecular weight is 595 g/mol. The Bertz CT molecular complexity index is 1100. The highest BCUT2D eigenvalue weighted by Gasteiger charge is 2.54. The zero-order chi connectivity index (χ0) is 27.8. The Hall–Kier alpha value is -1.20. The van der Waals surface area contributed by atoms with Crippen molar-refractivity contribution < 1.29 is 91.8 Å². The minimum atomic E-state index is -5.39. The number of carbonyl (C=O) groups is 1. The number of rotatable bonds is 10. The van der Waals surface area contributed by atoms with Crippen molar-refractivity contribution in [1.29, 1.82) is 0 Å². The third-order valence-corrected chi connectivity index (χ3v) is 6.14. The van der Waals surface area contributed by atoms with Crippen molar-refractivity contribution in [1.82, 2.24) is 4.72 Å². The Labute approximate surface area is 201 Å². The maximum atomic E-state index is 11.6. The van der Waals surface area contributed by atoms with Gasteiger partial charge in [0, 0.05) is 0 Å². The van der Waals surface area contributed by atoms with Crippen LogP contribution in [-0.4, -0.2) is 138 Å². The van der Waals surface area contributed by atoms with E-state index in [1.807, 2.05) is 0 Å². The molecule has 2 heterocycles. The zero-order valence-corrected chi connectivity index (χ0v) is 19.6. The molecule has 2 aliphatic rings. The van der Waals surface area contributed by atoms with Crippen LogP contribution in [0.5, 0.6) is 0 Å². The second-order valence-corrected chi connectivity index (χ2v) is 10.5. The molecule has 0 spiro atoms. The Balaban J connectivity index is 2.43. The van der Waals surface area contributed by atoms with Gasteiger partial charge in [-0.1, -0.05) is 0 Å².